The summed E-state index contributed by atoms with van der Waals surface area (Å²) in [5.41, 5.74) is 7.09. The molecule has 1 aromatic heterocycles. The number of hydrogen-bond donors (Lipinski definition) is 2. The summed E-state index contributed by atoms with van der Waals surface area (Å²) in [5.74, 6) is 1.39. The first-order chi connectivity index (χ1) is 8.63. The van der Waals surface area contributed by atoms with Crippen LogP contribution < -0.4 is 10.5 Å². The van der Waals surface area contributed by atoms with Crippen molar-refractivity contribution in [1.82, 2.24) is 9.55 Å². The fourth-order valence-electron chi connectivity index (χ4n) is 1.91. The van der Waals surface area contributed by atoms with E-state index >= 15 is 0 Å². The Labute approximate surface area is 106 Å². The van der Waals surface area contributed by atoms with Crippen molar-refractivity contribution in [2.75, 3.05) is 12.8 Å². The molecule has 0 spiro atoms. The molecule has 1 aromatic carbocycles. The van der Waals surface area contributed by atoms with Crippen molar-refractivity contribution in [2.24, 2.45) is 7.05 Å². The second-order valence-electron chi connectivity index (χ2n) is 4.14. The maximum atomic E-state index is 10.2. The van der Waals surface area contributed by atoms with Crippen LogP contribution in [0.5, 0.6) is 5.75 Å². The molecule has 2 aromatic rings. The van der Waals surface area contributed by atoms with Crippen LogP contribution in [-0.2, 0) is 13.5 Å². The number of benzene rings is 1. The van der Waals surface area contributed by atoms with Crippen LogP contribution in [0.15, 0.2) is 30.6 Å². The number of ether oxygens (including phenoxy) is 1. The third kappa shape index (κ3) is 2.31. The number of nitrogen functional groups attached to an aromatic ring is 1. The first-order valence-corrected chi connectivity index (χ1v) is 5.70. The van der Waals surface area contributed by atoms with E-state index in [1.807, 2.05) is 23.9 Å². The number of aliphatic hydroxyl groups is 1. The number of anilines is 1. The zero-order valence-corrected chi connectivity index (χ0v) is 10.5. The average molecular weight is 247 g/mol. The summed E-state index contributed by atoms with van der Waals surface area (Å²) in [6.07, 6.45) is 3.27. The fraction of sp³-hybridized carbons (Fsp3) is 0.308. The third-order valence-corrected chi connectivity index (χ3v) is 2.98. The Hall–Kier alpha value is -2.01. The number of aromatic nitrogens is 2. The Balaban J connectivity index is 2.24. The molecule has 3 N–H and O–H groups in total. The summed E-state index contributed by atoms with van der Waals surface area (Å²) >= 11 is 0. The molecule has 0 aliphatic carbocycles. The molecule has 0 bridgehead atoms. The van der Waals surface area contributed by atoms with Gasteiger partial charge in [0.25, 0.3) is 0 Å². The number of aryl methyl sites for hydroxylation is 1. The summed E-state index contributed by atoms with van der Waals surface area (Å²) in [4.78, 5) is 4.18. The molecule has 0 aliphatic heterocycles. The predicted molar refractivity (Wildman–Crippen MR) is 69.3 cm³/mol. The number of hydrogen-bond acceptors (Lipinski definition) is 4. The molecule has 2 rings (SSSR count). The molecule has 0 fully saturated rings. The van der Waals surface area contributed by atoms with E-state index in [9.17, 15) is 5.11 Å². The maximum Gasteiger partial charge on any atom is 0.142 e. The quantitative estimate of drug-likeness (QED) is 0.798. The van der Waals surface area contributed by atoms with Crippen molar-refractivity contribution < 1.29 is 9.84 Å². The van der Waals surface area contributed by atoms with Gasteiger partial charge in [0, 0.05) is 31.4 Å². The fourth-order valence-corrected chi connectivity index (χ4v) is 1.91. The first-order valence-electron chi connectivity index (χ1n) is 5.70. The molecule has 18 heavy (non-hydrogen) atoms. The van der Waals surface area contributed by atoms with Crippen molar-refractivity contribution in [3.8, 4) is 5.75 Å². The molecule has 0 saturated heterocycles. The van der Waals surface area contributed by atoms with Gasteiger partial charge in [-0.3, -0.25) is 0 Å². The van der Waals surface area contributed by atoms with E-state index in [2.05, 4.69) is 4.98 Å². The number of nitrogens with zero attached hydrogens (tertiary/aromatic N) is 2. The van der Waals surface area contributed by atoms with Crippen molar-refractivity contribution >= 4 is 5.69 Å². The highest BCUT2D eigenvalue weighted by Crippen LogP contribution is 2.30. The minimum Gasteiger partial charge on any atom is -0.495 e. The van der Waals surface area contributed by atoms with Gasteiger partial charge in [-0.1, -0.05) is 12.1 Å². The van der Waals surface area contributed by atoms with E-state index in [1.165, 1.54) is 0 Å². The molecule has 0 aliphatic rings. The van der Waals surface area contributed by atoms with Crippen LogP contribution in [0.4, 0.5) is 5.69 Å². The number of nitrogens with two attached hydrogens (primary N) is 1. The number of aliphatic hydroxyl groups excluding tert-OH is 1. The van der Waals surface area contributed by atoms with Crippen LogP contribution >= 0.6 is 0 Å². The van der Waals surface area contributed by atoms with Gasteiger partial charge in [0.1, 0.15) is 11.6 Å². The lowest BCUT2D eigenvalue weighted by Crippen LogP contribution is -2.09. The van der Waals surface area contributed by atoms with Crippen LogP contribution in [0.1, 0.15) is 17.5 Å². The summed E-state index contributed by atoms with van der Waals surface area (Å²) < 4.78 is 7.01. The van der Waals surface area contributed by atoms with Gasteiger partial charge in [-0.05, 0) is 6.07 Å². The van der Waals surface area contributed by atoms with Crippen LogP contribution in [0, 0.1) is 0 Å². The molecule has 0 radical (unpaired) electrons. The molecular weight excluding hydrogens is 230 g/mol. The van der Waals surface area contributed by atoms with Crippen LogP contribution in [0.3, 0.4) is 0 Å². The highest BCUT2D eigenvalue weighted by molar-refractivity contribution is 5.59. The van der Waals surface area contributed by atoms with Gasteiger partial charge in [-0.25, -0.2) is 4.98 Å². The van der Waals surface area contributed by atoms with E-state index in [1.54, 1.807) is 25.4 Å². The topological polar surface area (TPSA) is 73.3 Å². The Kier molecular flexibility index (Phi) is 3.53. The van der Waals surface area contributed by atoms with E-state index in [0.717, 1.165) is 5.82 Å². The highest BCUT2D eigenvalue weighted by atomic mass is 16.5. The molecule has 5 nitrogen and oxygen atoms in total. The largest absolute Gasteiger partial charge is 0.495 e. The van der Waals surface area contributed by atoms with E-state index in [4.69, 9.17) is 10.5 Å². The molecule has 1 atom stereocenters. The van der Waals surface area contributed by atoms with Crippen LogP contribution in [0.2, 0.25) is 0 Å². The zero-order valence-electron chi connectivity index (χ0n) is 10.5. The Morgan fingerprint density at radius 1 is 1.50 bits per heavy atom. The minimum absolute atomic E-state index is 0.418. The van der Waals surface area contributed by atoms with Gasteiger partial charge >= 0.3 is 0 Å². The van der Waals surface area contributed by atoms with Gasteiger partial charge in [0.2, 0.25) is 0 Å². The molecule has 0 saturated carbocycles. The number of imidazole rings is 1. The van der Waals surface area contributed by atoms with Gasteiger partial charge in [0.05, 0.1) is 18.9 Å². The van der Waals surface area contributed by atoms with Crippen molar-refractivity contribution in [1.29, 1.82) is 0 Å². The Morgan fingerprint density at radius 2 is 2.28 bits per heavy atom. The lowest BCUT2D eigenvalue weighted by molar-refractivity contribution is 0.175. The van der Waals surface area contributed by atoms with Gasteiger partial charge < -0.3 is 20.1 Å². The van der Waals surface area contributed by atoms with Crippen LogP contribution in [0.25, 0.3) is 0 Å². The summed E-state index contributed by atoms with van der Waals surface area (Å²) in [5, 5.41) is 10.2. The number of para-hydroxylation sites is 1. The molecular formula is C13H17N3O2. The molecule has 5 heteroatoms. The minimum atomic E-state index is -0.693. The second kappa shape index (κ2) is 5.10. The first kappa shape index (κ1) is 12.4. The van der Waals surface area contributed by atoms with E-state index in [0.29, 0.717) is 23.4 Å². The van der Waals surface area contributed by atoms with E-state index < -0.39 is 6.10 Å². The monoisotopic (exact) mass is 247 g/mol. The molecule has 1 unspecified atom stereocenters. The molecule has 96 valence electrons. The van der Waals surface area contributed by atoms with E-state index in [-0.39, 0.29) is 0 Å². The summed E-state index contributed by atoms with van der Waals surface area (Å²) in [7, 11) is 3.45. The Bertz CT molecular complexity index is 537. The Morgan fingerprint density at radius 3 is 2.89 bits per heavy atom. The SMILES string of the molecule is COc1cccc(C(O)Cc2nccn2C)c1N. The molecule has 0 amide bonds. The second-order valence-corrected chi connectivity index (χ2v) is 4.14. The number of rotatable bonds is 4. The smallest absolute Gasteiger partial charge is 0.142 e. The highest BCUT2D eigenvalue weighted by Gasteiger charge is 2.16. The maximum absolute atomic E-state index is 10.2. The van der Waals surface area contributed by atoms with Gasteiger partial charge in [0.15, 0.2) is 0 Å². The standard InChI is InChI=1S/C13H17N3O2/c1-16-7-6-15-12(16)8-10(17)9-4-3-5-11(18-2)13(9)14/h3-7,10,17H,8,14H2,1-2H3. The van der Waals surface area contributed by atoms with Crippen LogP contribution in [-0.4, -0.2) is 21.8 Å². The summed E-state index contributed by atoms with van der Waals surface area (Å²) in [6, 6.07) is 5.38. The van der Waals surface area contributed by atoms with Crippen molar-refractivity contribution in [3.05, 3.63) is 42.0 Å². The predicted octanol–water partition coefficient (Wildman–Crippen LogP) is 1.29. The van der Waals surface area contributed by atoms with Gasteiger partial charge in [-0.2, -0.15) is 0 Å². The third-order valence-electron chi connectivity index (χ3n) is 2.98. The average Bonchev–Trinajstić information content (AvgIpc) is 2.75. The van der Waals surface area contributed by atoms with Crippen molar-refractivity contribution in [2.45, 2.75) is 12.5 Å². The summed E-state index contributed by atoms with van der Waals surface area (Å²) in [6.45, 7) is 0. The molecule has 1 heterocycles. The van der Waals surface area contributed by atoms with Gasteiger partial charge in [-0.15, -0.1) is 0 Å². The lowest BCUT2D eigenvalue weighted by atomic mass is 10.0. The lowest BCUT2D eigenvalue weighted by Gasteiger charge is -2.15. The van der Waals surface area contributed by atoms with Crippen molar-refractivity contribution in [3.63, 3.8) is 0 Å². The normalized spacial score (nSPS) is 12.4. The number of methoxy groups -OCH3 is 1. The zero-order chi connectivity index (χ0) is 13.1.